The molecule has 0 radical (unpaired) electrons. The molecule has 2 heterocycles. The second-order valence-electron chi connectivity index (χ2n) is 6.96. The molecule has 1 aromatic heterocycles. The van der Waals surface area contributed by atoms with Crippen LogP contribution >= 0.6 is 0 Å². The van der Waals surface area contributed by atoms with Crippen LogP contribution in [0.5, 0.6) is 0 Å². The largest absolute Gasteiger partial charge is 0.448 e. The van der Waals surface area contributed by atoms with E-state index in [1.165, 1.54) is 0 Å². The summed E-state index contributed by atoms with van der Waals surface area (Å²) in [6, 6.07) is 1.65. The lowest BCUT2D eigenvalue weighted by molar-refractivity contribution is 0.00780. The van der Waals surface area contributed by atoms with Crippen molar-refractivity contribution < 1.29 is 19.1 Å². The van der Waals surface area contributed by atoms with Gasteiger partial charge in [-0.15, -0.1) is 4.68 Å². The Morgan fingerprint density at radius 2 is 2.00 bits per heavy atom. The van der Waals surface area contributed by atoms with Gasteiger partial charge < -0.3 is 20.1 Å². The molecule has 1 saturated heterocycles. The highest BCUT2D eigenvalue weighted by atomic mass is 16.6. The summed E-state index contributed by atoms with van der Waals surface area (Å²) < 4.78 is 11.5. The molecule has 8 heteroatoms. The minimum Gasteiger partial charge on any atom is -0.448 e. The summed E-state index contributed by atoms with van der Waals surface area (Å²) in [5, 5.41) is 4.22. The highest BCUT2D eigenvalue weighted by Gasteiger charge is 2.36. The van der Waals surface area contributed by atoms with E-state index in [-0.39, 0.29) is 17.8 Å². The maximum atomic E-state index is 11.9. The topological polar surface area (TPSA) is 99.7 Å². The Labute approximate surface area is 141 Å². The van der Waals surface area contributed by atoms with E-state index in [1.54, 1.807) is 11.0 Å². The van der Waals surface area contributed by atoms with E-state index in [0.717, 1.165) is 17.5 Å². The molecule has 0 saturated carbocycles. The van der Waals surface area contributed by atoms with Gasteiger partial charge in [0.15, 0.2) is 0 Å². The minimum absolute atomic E-state index is 0.0458. The van der Waals surface area contributed by atoms with Crippen molar-refractivity contribution in [2.75, 3.05) is 25.4 Å². The first-order valence-electron chi connectivity index (χ1n) is 8.21. The number of aromatic nitrogens is 2. The molecular formula is C16H26N4O4. The molecule has 0 unspecified atom stereocenters. The Balaban J connectivity index is 1.90. The van der Waals surface area contributed by atoms with Gasteiger partial charge in [0, 0.05) is 25.1 Å². The van der Waals surface area contributed by atoms with Crippen molar-refractivity contribution in [3.63, 3.8) is 0 Å². The van der Waals surface area contributed by atoms with Gasteiger partial charge in [0.1, 0.15) is 11.4 Å². The van der Waals surface area contributed by atoms with Gasteiger partial charge in [-0.1, -0.05) is 13.3 Å². The van der Waals surface area contributed by atoms with Crippen LogP contribution in [0.15, 0.2) is 6.07 Å². The third-order valence-electron chi connectivity index (χ3n) is 3.60. The SMILES string of the molecule is CCCCOC(=O)n1nc(C2CN(C(=O)OC(C)(C)C)C2)cc1N. The van der Waals surface area contributed by atoms with E-state index in [4.69, 9.17) is 15.2 Å². The standard InChI is InChI=1S/C16H26N4O4/c1-5-6-7-23-15(22)20-13(17)8-12(18-20)11-9-19(10-11)14(21)24-16(2,3)4/h8,11H,5-7,9-10,17H2,1-4H3. The van der Waals surface area contributed by atoms with E-state index >= 15 is 0 Å². The first-order valence-corrected chi connectivity index (χ1v) is 8.21. The molecule has 0 bridgehead atoms. The van der Waals surface area contributed by atoms with E-state index in [0.29, 0.717) is 25.4 Å². The van der Waals surface area contributed by atoms with Gasteiger partial charge in [-0.3, -0.25) is 0 Å². The Morgan fingerprint density at radius 3 is 2.58 bits per heavy atom. The van der Waals surface area contributed by atoms with Gasteiger partial charge in [0.25, 0.3) is 0 Å². The molecule has 0 aliphatic carbocycles. The number of hydrogen-bond donors (Lipinski definition) is 1. The van der Waals surface area contributed by atoms with E-state index < -0.39 is 11.7 Å². The Bertz CT molecular complexity index is 600. The van der Waals surface area contributed by atoms with Gasteiger partial charge in [-0.2, -0.15) is 5.10 Å². The first kappa shape index (κ1) is 18.1. The maximum absolute atomic E-state index is 11.9. The molecule has 8 nitrogen and oxygen atoms in total. The highest BCUT2D eigenvalue weighted by molar-refractivity contribution is 5.73. The summed E-state index contributed by atoms with van der Waals surface area (Å²) in [7, 11) is 0. The molecule has 2 rings (SSSR count). The quantitative estimate of drug-likeness (QED) is 0.847. The summed E-state index contributed by atoms with van der Waals surface area (Å²) in [6.07, 6.45) is 0.823. The second-order valence-corrected chi connectivity index (χ2v) is 6.96. The van der Waals surface area contributed by atoms with Gasteiger partial charge >= 0.3 is 12.2 Å². The number of likely N-dealkylation sites (tertiary alicyclic amines) is 1. The fourth-order valence-corrected chi connectivity index (χ4v) is 2.27. The van der Waals surface area contributed by atoms with Gasteiger partial charge in [-0.05, 0) is 27.2 Å². The first-order chi connectivity index (χ1) is 11.2. The van der Waals surface area contributed by atoms with Crippen LogP contribution in [-0.4, -0.2) is 52.2 Å². The number of hydrogen-bond acceptors (Lipinski definition) is 6. The number of carbonyl (C=O) groups excluding carboxylic acids is 2. The number of nitrogens with two attached hydrogens (primary N) is 1. The van der Waals surface area contributed by atoms with Crippen LogP contribution in [0.25, 0.3) is 0 Å². The fourth-order valence-electron chi connectivity index (χ4n) is 2.27. The van der Waals surface area contributed by atoms with Crippen LogP contribution in [-0.2, 0) is 9.47 Å². The van der Waals surface area contributed by atoms with Crippen molar-refractivity contribution >= 4 is 18.0 Å². The van der Waals surface area contributed by atoms with Crippen LogP contribution in [0.1, 0.15) is 52.1 Å². The average molecular weight is 338 g/mol. The summed E-state index contributed by atoms with van der Waals surface area (Å²) in [4.78, 5) is 25.5. The molecule has 1 aromatic rings. The molecule has 134 valence electrons. The average Bonchev–Trinajstić information content (AvgIpc) is 2.77. The van der Waals surface area contributed by atoms with Crippen molar-refractivity contribution in [2.24, 2.45) is 0 Å². The van der Waals surface area contributed by atoms with Gasteiger partial charge in [0.2, 0.25) is 0 Å². The van der Waals surface area contributed by atoms with Crippen molar-refractivity contribution in [1.82, 2.24) is 14.7 Å². The van der Waals surface area contributed by atoms with Gasteiger partial charge in [0.05, 0.1) is 12.3 Å². The lowest BCUT2D eigenvalue weighted by Crippen LogP contribution is -2.50. The minimum atomic E-state index is -0.574. The summed E-state index contributed by atoms with van der Waals surface area (Å²) in [5.41, 5.74) is 6.00. The van der Waals surface area contributed by atoms with Gasteiger partial charge in [-0.25, -0.2) is 9.59 Å². The second kappa shape index (κ2) is 7.11. The number of carbonyl (C=O) groups is 2. The third kappa shape index (κ3) is 4.39. The molecule has 1 fully saturated rings. The van der Waals surface area contributed by atoms with Crippen molar-refractivity contribution in [3.8, 4) is 0 Å². The zero-order valence-corrected chi connectivity index (χ0v) is 14.7. The molecule has 0 aromatic carbocycles. The van der Waals surface area contributed by atoms with Crippen molar-refractivity contribution in [2.45, 2.75) is 52.1 Å². The van der Waals surface area contributed by atoms with E-state index in [2.05, 4.69) is 5.10 Å². The monoisotopic (exact) mass is 338 g/mol. The zero-order valence-electron chi connectivity index (χ0n) is 14.7. The summed E-state index contributed by atoms with van der Waals surface area (Å²) in [6.45, 7) is 8.84. The zero-order chi connectivity index (χ0) is 17.9. The predicted octanol–water partition coefficient (Wildman–Crippen LogP) is 2.58. The normalized spacial score (nSPS) is 15.1. The molecule has 0 atom stereocenters. The number of ether oxygens (including phenoxy) is 2. The van der Waals surface area contributed by atoms with Crippen LogP contribution in [0.2, 0.25) is 0 Å². The number of anilines is 1. The van der Waals surface area contributed by atoms with Crippen LogP contribution in [0, 0.1) is 0 Å². The number of amides is 1. The number of rotatable bonds is 4. The van der Waals surface area contributed by atoms with Crippen LogP contribution < -0.4 is 5.73 Å². The lowest BCUT2D eigenvalue weighted by atomic mass is 9.97. The Hall–Kier alpha value is -2.25. The summed E-state index contributed by atoms with van der Waals surface area (Å²) in [5.74, 6) is 0.284. The molecular weight excluding hydrogens is 312 g/mol. The number of nitrogens with zero attached hydrogens (tertiary/aromatic N) is 3. The van der Waals surface area contributed by atoms with Crippen LogP contribution in [0.4, 0.5) is 15.4 Å². The van der Waals surface area contributed by atoms with Crippen molar-refractivity contribution in [1.29, 1.82) is 0 Å². The molecule has 1 aliphatic rings. The third-order valence-corrected chi connectivity index (χ3v) is 3.60. The Kier molecular flexibility index (Phi) is 5.36. The van der Waals surface area contributed by atoms with E-state index in [1.807, 2.05) is 27.7 Å². The molecule has 0 spiro atoms. The molecule has 2 N–H and O–H groups in total. The molecule has 1 aliphatic heterocycles. The molecule has 1 amide bonds. The lowest BCUT2D eigenvalue weighted by Gasteiger charge is -2.38. The number of unbranched alkanes of at least 4 members (excludes halogenated alkanes) is 1. The predicted molar refractivity (Wildman–Crippen MR) is 88.8 cm³/mol. The smallest absolute Gasteiger partial charge is 0.436 e. The van der Waals surface area contributed by atoms with Crippen molar-refractivity contribution in [3.05, 3.63) is 11.8 Å². The van der Waals surface area contributed by atoms with E-state index in [9.17, 15) is 9.59 Å². The summed E-state index contributed by atoms with van der Waals surface area (Å²) >= 11 is 0. The highest BCUT2D eigenvalue weighted by Crippen LogP contribution is 2.28. The Morgan fingerprint density at radius 1 is 1.33 bits per heavy atom. The molecule has 24 heavy (non-hydrogen) atoms. The van der Waals surface area contributed by atoms with Crippen LogP contribution in [0.3, 0.4) is 0 Å². The number of nitrogen functional groups attached to an aromatic ring is 1. The fraction of sp³-hybridized carbons (Fsp3) is 0.688. The maximum Gasteiger partial charge on any atom is 0.436 e.